The van der Waals surface area contributed by atoms with Crippen LogP contribution in [0.1, 0.15) is 40.5 Å². The average Bonchev–Trinajstić information content (AvgIpc) is 2.57. The van der Waals surface area contributed by atoms with Crippen molar-refractivity contribution in [1.82, 2.24) is 0 Å². The molecule has 0 unspecified atom stereocenters. The van der Waals surface area contributed by atoms with E-state index in [0.29, 0.717) is 0 Å². The van der Waals surface area contributed by atoms with Crippen LogP contribution in [0.2, 0.25) is 18.1 Å². The molecule has 0 spiro atoms. The molecule has 0 radical (unpaired) electrons. The van der Waals surface area contributed by atoms with Crippen molar-refractivity contribution in [2.75, 3.05) is 0 Å². The monoisotopic (exact) mass is 328 g/mol. The molecule has 1 aliphatic heterocycles. The second-order valence-corrected chi connectivity index (χ2v) is 12.4. The summed E-state index contributed by atoms with van der Waals surface area (Å²) in [5.74, 6) is -1.42. The topological polar surface area (TPSA) is 78.9 Å². The van der Waals surface area contributed by atoms with E-state index in [1.54, 1.807) is 0 Å². The minimum atomic E-state index is -2.19. The molecule has 0 N–H and O–H groups in total. The first kappa shape index (κ1) is 17.1. The quantitative estimate of drug-likeness (QED) is 0.582. The van der Waals surface area contributed by atoms with E-state index < -0.39 is 38.1 Å². The van der Waals surface area contributed by atoms with Gasteiger partial charge in [-0.15, -0.1) is 0 Å². The van der Waals surface area contributed by atoms with E-state index >= 15 is 0 Å². The van der Waals surface area contributed by atoms with Crippen LogP contribution in [0.3, 0.4) is 0 Å². The van der Waals surface area contributed by atoms with Gasteiger partial charge in [-0.25, -0.2) is 4.79 Å². The molecule has 1 aliphatic carbocycles. The highest BCUT2D eigenvalue weighted by molar-refractivity contribution is 6.74. The van der Waals surface area contributed by atoms with E-state index in [9.17, 15) is 14.4 Å². The van der Waals surface area contributed by atoms with Gasteiger partial charge < -0.3 is 13.9 Å². The van der Waals surface area contributed by atoms with E-state index in [4.69, 9.17) is 13.9 Å². The number of rotatable bonds is 3. The Morgan fingerprint density at radius 3 is 2.36 bits per heavy atom. The SMILES string of the molecule is CC(=O)O[C@@]12C[C@@H](OC1=O)C(=O)[C@H](O[Si](C)(C)C(C)(C)C)C2. The highest BCUT2D eigenvalue weighted by atomic mass is 28.4. The molecule has 3 atom stereocenters. The number of carbonyl (C=O) groups is 3. The molecular weight excluding hydrogens is 304 g/mol. The van der Waals surface area contributed by atoms with Crippen LogP contribution < -0.4 is 0 Å². The molecule has 1 saturated carbocycles. The Bertz CT molecular complexity index is 521. The molecule has 0 aromatic rings. The smallest absolute Gasteiger partial charge is 0.351 e. The molecule has 0 aromatic carbocycles. The van der Waals surface area contributed by atoms with Gasteiger partial charge in [-0.1, -0.05) is 20.8 Å². The Morgan fingerprint density at radius 1 is 1.27 bits per heavy atom. The molecule has 1 heterocycles. The molecule has 124 valence electrons. The van der Waals surface area contributed by atoms with Gasteiger partial charge in [0.25, 0.3) is 0 Å². The summed E-state index contributed by atoms with van der Waals surface area (Å²) in [7, 11) is -2.19. The van der Waals surface area contributed by atoms with Gasteiger partial charge >= 0.3 is 11.9 Å². The van der Waals surface area contributed by atoms with Crippen LogP contribution in [-0.2, 0) is 28.3 Å². The number of ether oxygens (including phenoxy) is 2. The zero-order valence-corrected chi connectivity index (χ0v) is 15.0. The minimum absolute atomic E-state index is 0.0489. The van der Waals surface area contributed by atoms with Crippen molar-refractivity contribution in [2.24, 2.45) is 0 Å². The molecule has 2 rings (SSSR count). The molecular formula is C15H24O6Si. The lowest BCUT2D eigenvalue weighted by Gasteiger charge is -2.41. The summed E-state index contributed by atoms with van der Waals surface area (Å²) in [5, 5.41) is -0.0662. The summed E-state index contributed by atoms with van der Waals surface area (Å²) in [4.78, 5) is 35.8. The fourth-order valence-corrected chi connectivity index (χ4v) is 3.89. The fourth-order valence-electron chi connectivity index (χ4n) is 2.63. The summed E-state index contributed by atoms with van der Waals surface area (Å²) >= 11 is 0. The van der Waals surface area contributed by atoms with Crippen molar-refractivity contribution in [2.45, 2.75) is 76.5 Å². The normalized spacial score (nSPS) is 31.9. The van der Waals surface area contributed by atoms with Gasteiger partial charge in [0.05, 0.1) is 0 Å². The Hall–Kier alpha value is -1.21. The number of fused-ring (bicyclic) bond motifs is 2. The first-order valence-electron chi connectivity index (χ1n) is 7.50. The summed E-state index contributed by atoms with van der Waals surface area (Å²) < 4.78 is 16.5. The number of ketones is 1. The summed E-state index contributed by atoms with van der Waals surface area (Å²) in [5.41, 5.74) is -1.36. The fraction of sp³-hybridized carbons (Fsp3) is 0.800. The second kappa shape index (κ2) is 5.16. The zero-order chi connectivity index (χ0) is 16.9. The highest BCUT2D eigenvalue weighted by Gasteiger charge is 2.62. The second-order valence-electron chi connectivity index (χ2n) is 7.66. The van der Waals surface area contributed by atoms with E-state index in [1.807, 2.05) is 13.1 Å². The van der Waals surface area contributed by atoms with Gasteiger partial charge in [0.2, 0.25) is 11.4 Å². The van der Waals surface area contributed by atoms with E-state index in [-0.39, 0.29) is 23.7 Å². The van der Waals surface area contributed by atoms with Gasteiger partial charge in [0, 0.05) is 19.8 Å². The lowest BCUT2D eigenvalue weighted by molar-refractivity contribution is -0.173. The third-order valence-electron chi connectivity index (χ3n) is 4.87. The maximum atomic E-state index is 12.4. The van der Waals surface area contributed by atoms with Crippen LogP contribution in [0, 0.1) is 0 Å². The molecule has 22 heavy (non-hydrogen) atoms. The predicted octanol–water partition coefficient (Wildman–Crippen LogP) is 1.97. The lowest BCUT2D eigenvalue weighted by atomic mass is 9.83. The largest absolute Gasteiger partial charge is 0.451 e. The van der Waals surface area contributed by atoms with Gasteiger partial charge in [-0.3, -0.25) is 9.59 Å². The maximum absolute atomic E-state index is 12.4. The van der Waals surface area contributed by atoms with Crippen LogP contribution >= 0.6 is 0 Å². The highest BCUT2D eigenvalue weighted by Crippen LogP contribution is 2.44. The van der Waals surface area contributed by atoms with E-state index in [2.05, 4.69) is 20.8 Å². The van der Waals surface area contributed by atoms with Crippen molar-refractivity contribution >= 4 is 26.0 Å². The standard InChI is InChI=1S/C15H24O6Si/c1-9(16)20-15-7-10(19-13(15)18)12(17)11(8-15)21-22(5,6)14(2,3)4/h10-11H,7-8H2,1-6H3/t10-,11-,15-/m1/s1. The predicted molar refractivity (Wildman–Crippen MR) is 80.7 cm³/mol. The van der Waals surface area contributed by atoms with E-state index in [1.165, 1.54) is 6.92 Å². The lowest BCUT2D eigenvalue weighted by Crippen LogP contribution is -2.54. The number of Topliss-reactive ketones (excluding diaryl/α,β-unsaturated/α-hetero) is 1. The van der Waals surface area contributed by atoms with Gasteiger partial charge in [0.15, 0.2) is 14.4 Å². The summed E-state index contributed by atoms with van der Waals surface area (Å²) in [6.07, 6.45) is -1.48. The average molecular weight is 328 g/mol. The first-order valence-corrected chi connectivity index (χ1v) is 10.4. The molecule has 2 aliphatic rings. The number of hydrogen-bond donors (Lipinski definition) is 0. The van der Waals surface area contributed by atoms with Gasteiger partial charge in [-0.2, -0.15) is 0 Å². The molecule has 0 amide bonds. The third kappa shape index (κ3) is 2.84. The van der Waals surface area contributed by atoms with Crippen molar-refractivity contribution in [3.05, 3.63) is 0 Å². The van der Waals surface area contributed by atoms with Crippen LogP contribution in [0.25, 0.3) is 0 Å². The summed E-state index contributed by atoms with van der Waals surface area (Å²) in [6, 6.07) is 0. The Morgan fingerprint density at radius 2 is 1.86 bits per heavy atom. The molecule has 2 fully saturated rings. The molecule has 0 aromatic heterocycles. The van der Waals surface area contributed by atoms with Crippen LogP contribution in [0.15, 0.2) is 0 Å². The first-order chi connectivity index (χ1) is 9.88. The van der Waals surface area contributed by atoms with Crippen LogP contribution in [-0.4, -0.2) is 43.8 Å². The van der Waals surface area contributed by atoms with Gasteiger partial charge in [0.1, 0.15) is 6.10 Å². The number of esters is 2. The van der Waals surface area contributed by atoms with Crippen molar-refractivity contribution in [3.63, 3.8) is 0 Å². The summed E-state index contributed by atoms with van der Waals surface area (Å²) in [6.45, 7) is 11.5. The van der Waals surface area contributed by atoms with E-state index in [0.717, 1.165) is 0 Å². The minimum Gasteiger partial charge on any atom is -0.451 e. The third-order valence-corrected chi connectivity index (χ3v) is 9.35. The number of carbonyl (C=O) groups excluding carboxylic acids is 3. The Labute approximate surface area is 131 Å². The molecule has 2 bridgehead atoms. The van der Waals surface area contributed by atoms with Crippen molar-refractivity contribution in [3.8, 4) is 0 Å². The molecule has 1 saturated heterocycles. The molecule has 7 heteroatoms. The van der Waals surface area contributed by atoms with Crippen molar-refractivity contribution < 1.29 is 28.3 Å². The Balaban J connectivity index is 2.26. The van der Waals surface area contributed by atoms with Crippen molar-refractivity contribution in [1.29, 1.82) is 0 Å². The molecule has 6 nitrogen and oxygen atoms in total. The Kier molecular flexibility index (Phi) is 4.02. The van der Waals surface area contributed by atoms with Gasteiger partial charge in [-0.05, 0) is 18.1 Å². The zero-order valence-electron chi connectivity index (χ0n) is 14.0. The van der Waals surface area contributed by atoms with Crippen LogP contribution in [0.4, 0.5) is 0 Å². The van der Waals surface area contributed by atoms with Crippen LogP contribution in [0.5, 0.6) is 0 Å². The maximum Gasteiger partial charge on any atom is 0.351 e. The number of hydrogen-bond acceptors (Lipinski definition) is 6.